The van der Waals surface area contributed by atoms with E-state index < -0.39 is 17.3 Å². The number of hydrogen-bond acceptors (Lipinski definition) is 3. The van der Waals surface area contributed by atoms with E-state index in [4.69, 9.17) is 22.1 Å². The molecule has 3 nitrogen and oxygen atoms in total. The van der Waals surface area contributed by atoms with Crippen LogP contribution in [0.15, 0.2) is 42.5 Å². The minimum Gasteiger partial charge on any atom is -0.457 e. The lowest BCUT2D eigenvalue weighted by atomic mass is 9.76. The molecular formula is C22H27ClF3NO2. The number of alkyl halides is 3. The number of aliphatic hydroxyl groups is 1. The van der Waals surface area contributed by atoms with Gasteiger partial charge in [-0.05, 0) is 66.6 Å². The van der Waals surface area contributed by atoms with E-state index in [1.165, 1.54) is 12.1 Å². The molecule has 0 bridgehead atoms. The Morgan fingerprint density at radius 2 is 1.59 bits per heavy atom. The number of ether oxygens (including phenoxy) is 1. The molecule has 0 radical (unpaired) electrons. The highest BCUT2D eigenvalue weighted by atomic mass is 35.5. The summed E-state index contributed by atoms with van der Waals surface area (Å²) in [4.78, 5) is 0. The minimum atomic E-state index is -4.38. The van der Waals surface area contributed by atoms with Crippen LogP contribution in [0.1, 0.15) is 51.2 Å². The van der Waals surface area contributed by atoms with Gasteiger partial charge in [-0.3, -0.25) is 0 Å². The van der Waals surface area contributed by atoms with Crippen molar-refractivity contribution in [1.29, 1.82) is 0 Å². The van der Waals surface area contributed by atoms with Gasteiger partial charge in [0.2, 0.25) is 0 Å². The molecule has 0 amide bonds. The first-order valence-corrected chi connectivity index (χ1v) is 9.83. The first-order chi connectivity index (χ1) is 13.4. The summed E-state index contributed by atoms with van der Waals surface area (Å²) in [5.74, 6) is 0.728. The lowest BCUT2D eigenvalue weighted by Gasteiger charge is -2.32. The normalized spacial score (nSPS) is 14.5. The van der Waals surface area contributed by atoms with Crippen LogP contribution in [0.3, 0.4) is 0 Å². The molecule has 0 heterocycles. The molecule has 1 unspecified atom stereocenters. The fourth-order valence-electron chi connectivity index (χ4n) is 3.02. The van der Waals surface area contributed by atoms with Crippen molar-refractivity contribution in [3.63, 3.8) is 0 Å². The number of halogens is 4. The zero-order valence-corrected chi connectivity index (χ0v) is 17.6. The average Bonchev–Trinajstić information content (AvgIpc) is 2.66. The molecule has 0 aromatic heterocycles. The Morgan fingerprint density at radius 1 is 1.00 bits per heavy atom. The Kier molecular flexibility index (Phi) is 7.25. The van der Waals surface area contributed by atoms with Crippen molar-refractivity contribution in [2.24, 2.45) is 5.73 Å². The Morgan fingerprint density at radius 3 is 2.07 bits per heavy atom. The van der Waals surface area contributed by atoms with Crippen LogP contribution >= 0.6 is 11.6 Å². The monoisotopic (exact) mass is 429 g/mol. The summed E-state index contributed by atoms with van der Waals surface area (Å²) in [7, 11) is 0. The fourth-order valence-corrected chi connectivity index (χ4v) is 3.45. The average molecular weight is 430 g/mol. The van der Waals surface area contributed by atoms with Crippen LogP contribution in [0, 0.1) is 0 Å². The van der Waals surface area contributed by atoms with E-state index in [0.717, 1.165) is 24.1 Å². The van der Waals surface area contributed by atoms with Gasteiger partial charge in [0, 0.05) is 10.6 Å². The summed E-state index contributed by atoms with van der Waals surface area (Å²) in [5.41, 5.74) is 5.48. The zero-order valence-electron chi connectivity index (χ0n) is 16.8. The minimum absolute atomic E-state index is 0.0762. The molecule has 29 heavy (non-hydrogen) atoms. The maximum Gasteiger partial charge on any atom is 0.416 e. The van der Waals surface area contributed by atoms with Crippen LogP contribution in [0.4, 0.5) is 13.2 Å². The molecule has 0 aliphatic carbocycles. The van der Waals surface area contributed by atoms with Gasteiger partial charge in [-0.1, -0.05) is 38.4 Å². The summed E-state index contributed by atoms with van der Waals surface area (Å²) in [6, 6.07) is 9.74. The SMILES string of the molecule is CCC(N)(CO)CCC(C)(C)c1ccc(Oc2ccc(C(F)(F)F)cc2)cc1Cl. The van der Waals surface area contributed by atoms with E-state index in [1.54, 1.807) is 12.1 Å². The molecule has 0 fully saturated rings. The highest BCUT2D eigenvalue weighted by Gasteiger charge is 2.31. The maximum absolute atomic E-state index is 12.7. The number of rotatable bonds is 8. The molecule has 3 N–H and O–H groups in total. The van der Waals surface area contributed by atoms with Gasteiger partial charge in [0.1, 0.15) is 11.5 Å². The summed E-state index contributed by atoms with van der Waals surface area (Å²) >= 11 is 6.47. The molecule has 2 aromatic carbocycles. The number of hydrogen-bond donors (Lipinski definition) is 2. The third-order valence-corrected chi connectivity index (χ3v) is 5.67. The van der Waals surface area contributed by atoms with Crippen LogP contribution < -0.4 is 10.5 Å². The summed E-state index contributed by atoms with van der Waals surface area (Å²) in [6.07, 6.45) is -2.33. The molecule has 0 aliphatic heterocycles. The first-order valence-electron chi connectivity index (χ1n) is 9.45. The molecule has 0 aliphatic rings. The summed E-state index contributed by atoms with van der Waals surface area (Å²) in [5, 5.41) is 10.0. The van der Waals surface area contributed by atoms with Gasteiger partial charge in [0.05, 0.1) is 12.2 Å². The van der Waals surface area contributed by atoms with Crippen LogP contribution in [0.25, 0.3) is 0 Å². The van der Waals surface area contributed by atoms with E-state index in [0.29, 0.717) is 29.4 Å². The van der Waals surface area contributed by atoms with Crippen molar-refractivity contribution in [1.82, 2.24) is 0 Å². The third-order valence-electron chi connectivity index (χ3n) is 5.35. The van der Waals surface area contributed by atoms with Gasteiger partial charge in [-0.15, -0.1) is 0 Å². The third kappa shape index (κ3) is 6.11. The second kappa shape index (κ2) is 8.94. The summed E-state index contributed by atoms with van der Waals surface area (Å²) < 4.78 is 43.6. The van der Waals surface area contributed by atoms with E-state index >= 15 is 0 Å². The molecule has 2 aromatic rings. The highest BCUT2D eigenvalue weighted by molar-refractivity contribution is 6.31. The van der Waals surface area contributed by atoms with Gasteiger partial charge in [0.25, 0.3) is 0 Å². The van der Waals surface area contributed by atoms with Gasteiger partial charge < -0.3 is 15.6 Å². The number of aliphatic hydroxyl groups excluding tert-OH is 1. The highest BCUT2D eigenvalue weighted by Crippen LogP contribution is 2.38. The standard InChI is InChI=1S/C22H27ClF3NO2/c1-4-21(27,14-28)12-11-20(2,3)18-10-9-17(13-19(18)23)29-16-7-5-15(6-8-16)22(24,25)26/h5-10,13,28H,4,11-12,14,27H2,1-3H3. The smallest absolute Gasteiger partial charge is 0.416 e. The van der Waals surface area contributed by atoms with Crippen molar-refractivity contribution < 1.29 is 23.0 Å². The van der Waals surface area contributed by atoms with Crippen molar-refractivity contribution in [3.05, 3.63) is 58.6 Å². The Labute approximate surface area is 174 Å². The Bertz CT molecular complexity index is 816. The van der Waals surface area contributed by atoms with Crippen molar-refractivity contribution >= 4 is 11.6 Å². The fraction of sp³-hybridized carbons (Fsp3) is 0.455. The zero-order chi connectivity index (χ0) is 21.9. The van der Waals surface area contributed by atoms with E-state index in [2.05, 4.69) is 13.8 Å². The lowest BCUT2D eigenvalue weighted by Crippen LogP contribution is -2.44. The molecule has 2 rings (SSSR count). The van der Waals surface area contributed by atoms with E-state index in [9.17, 15) is 18.3 Å². The molecule has 160 valence electrons. The topological polar surface area (TPSA) is 55.5 Å². The second-order valence-corrected chi connectivity index (χ2v) is 8.43. The van der Waals surface area contributed by atoms with Crippen molar-refractivity contribution in [2.45, 2.75) is 57.2 Å². The van der Waals surface area contributed by atoms with Crippen LogP contribution in [0.5, 0.6) is 11.5 Å². The predicted octanol–water partition coefficient (Wildman–Crippen LogP) is 6.31. The number of nitrogens with two attached hydrogens (primary N) is 1. The largest absolute Gasteiger partial charge is 0.457 e. The molecule has 0 saturated heterocycles. The Hall–Kier alpha value is -1.76. The van der Waals surface area contributed by atoms with E-state index in [1.807, 2.05) is 13.0 Å². The van der Waals surface area contributed by atoms with Crippen molar-refractivity contribution in [2.75, 3.05) is 6.61 Å². The molecule has 0 saturated carbocycles. The first kappa shape index (κ1) is 23.5. The Balaban J connectivity index is 2.13. The lowest BCUT2D eigenvalue weighted by molar-refractivity contribution is -0.137. The van der Waals surface area contributed by atoms with Gasteiger partial charge >= 0.3 is 6.18 Å². The number of benzene rings is 2. The molecule has 7 heteroatoms. The van der Waals surface area contributed by atoms with Gasteiger partial charge in [-0.2, -0.15) is 13.2 Å². The molecular weight excluding hydrogens is 403 g/mol. The van der Waals surface area contributed by atoms with E-state index in [-0.39, 0.29) is 12.0 Å². The molecule has 1 atom stereocenters. The second-order valence-electron chi connectivity index (χ2n) is 8.02. The van der Waals surface area contributed by atoms with Crippen molar-refractivity contribution in [3.8, 4) is 11.5 Å². The van der Waals surface area contributed by atoms with Gasteiger partial charge in [0.15, 0.2) is 0 Å². The quantitative estimate of drug-likeness (QED) is 0.517. The van der Waals surface area contributed by atoms with Crippen LogP contribution in [0.2, 0.25) is 5.02 Å². The summed E-state index contributed by atoms with van der Waals surface area (Å²) in [6.45, 7) is 5.98. The van der Waals surface area contributed by atoms with Gasteiger partial charge in [-0.25, -0.2) is 0 Å². The molecule has 0 spiro atoms. The predicted molar refractivity (Wildman–Crippen MR) is 110 cm³/mol. The maximum atomic E-state index is 12.7. The van der Waals surface area contributed by atoms with Crippen LogP contribution in [-0.2, 0) is 11.6 Å². The van der Waals surface area contributed by atoms with Crippen LogP contribution in [-0.4, -0.2) is 17.3 Å².